The molecule has 2 aromatic carbocycles. The molecular formula is C22H24N6O3. The Bertz CT molecular complexity index is 1040. The quantitative estimate of drug-likeness (QED) is 0.640. The fraction of sp³-hybridized carbons (Fsp3) is 0.364. The SMILES string of the molecule is CN1CC2(CCN(c3nnnn3-c3ccc(Oc4ccccc4)cc3)CC2)OCC1=O. The minimum Gasteiger partial charge on any atom is -0.457 e. The Morgan fingerprint density at radius 1 is 1.00 bits per heavy atom. The molecule has 31 heavy (non-hydrogen) atoms. The van der Waals surface area contributed by atoms with E-state index in [4.69, 9.17) is 9.47 Å². The van der Waals surface area contributed by atoms with Crippen molar-refractivity contribution in [3.63, 3.8) is 0 Å². The summed E-state index contributed by atoms with van der Waals surface area (Å²) in [5.74, 6) is 2.28. The number of para-hydroxylation sites is 1. The molecule has 0 atom stereocenters. The van der Waals surface area contributed by atoms with Crippen LogP contribution in [0.1, 0.15) is 12.8 Å². The van der Waals surface area contributed by atoms with Crippen molar-refractivity contribution >= 4 is 11.9 Å². The Labute approximate surface area is 180 Å². The molecule has 2 saturated heterocycles. The Hall–Kier alpha value is -3.46. The summed E-state index contributed by atoms with van der Waals surface area (Å²) in [6.07, 6.45) is 1.64. The minimum absolute atomic E-state index is 0.0386. The van der Waals surface area contributed by atoms with E-state index < -0.39 is 0 Å². The van der Waals surface area contributed by atoms with E-state index in [1.165, 1.54) is 0 Å². The summed E-state index contributed by atoms with van der Waals surface area (Å²) in [6, 6.07) is 17.4. The molecule has 0 saturated carbocycles. The van der Waals surface area contributed by atoms with Crippen molar-refractivity contribution in [1.29, 1.82) is 0 Å². The van der Waals surface area contributed by atoms with Crippen LogP contribution < -0.4 is 9.64 Å². The number of carbonyl (C=O) groups is 1. The topological polar surface area (TPSA) is 85.6 Å². The normalized spacial score (nSPS) is 18.4. The van der Waals surface area contributed by atoms with Crippen LogP contribution in [0.3, 0.4) is 0 Å². The number of rotatable bonds is 4. The first-order valence-corrected chi connectivity index (χ1v) is 10.4. The molecule has 0 N–H and O–H groups in total. The molecule has 2 aliphatic rings. The number of amides is 1. The fourth-order valence-electron chi connectivity index (χ4n) is 4.13. The number of aromatic nitrogens is 4. The highest BCUT2D eigenvalue weighted by Gasteiger charge is 2.42. The first-order valence-electron chi connectivity index (χ1n) is 10.4. The number of morpholine rings is 1. The number of piperidine rings is 1. The molecule has 0 unspecified atom stereocenters. The average molecular weight is 420 g/mol. The molecule has 2 fully saturated rings. The maximum Gasteiger partial charge on any atom is 0.250 e. The first kappa shape index (κ1) is 19.5. The van der Waals surface area contributed by atoms with Crippen LogP contribution in [0, 0.1) is 0 Å². The summed E-state index contributed by atoms with van der Waals surface area (Å²) in [5, 5.41) is 12.3. The smallest absolute Gasteiger partial charge is 0.250 e. The molecule has 0 radical (unpaired) electrons. The van der Waals surface area contributed by atoms with Crippen molar-refractivity contribution in [2.24, 2.45) is 0 Å². The van der Waals surface area contributed by atoms with Gasteiger partial charge >= 0.3 is 0 Å². The lowest BCUT2D eigenvalue weighted by Gasteiger charge is -2.46. The van der Waals surface area contributed by atoms with Gasteiger partial charge in [-0.2, -0.15) is 4.68 Å². The number of tetrazole rings is 1. The van der Waals surface area contributed by atoms with Gasteiger partial charge in [-0.3, -0.25) is 4.79 Å². The third kappa shape index (κ3) is 3.96. The van der Waals surface area contributed by atoms with Crippen molar-refractivity contribution < 1.29 is 14.3 Å². The number of benzene rings is 2. The number of carbonyl (C=O) groups excluding carboxylic acids is 1. The Morgan fingerprint density at radius 2 is 1.71 bits per heavy atom. The maximum atomic E-state index is 11.8. The van der Waals surface area contributed by atoms with Gasteiger partial charge in [0.25, 0.3) is 0 Å². The van der Waals surface area contributed by atoms with Crippen molar-refractivity contribution in [1.82, 2.24) is 25.1 Å². The largest absolute Gasteiger partial charge is 0.457 e. The van der Waals surface area contributed by atoms with Crippen LogP contribution >= 0.6 is 0 Å². The lowest BCUT2D eigenvalue weighted by atomic mass is 9.89. The van der Waals surface area contributed by atoms with E-state index in [0.717, 1.165) is 43.1 Å². The summed E-state index contributed by atoms with van der Waals surface area (Å²) < 4.78 is 13.5. The number of likely N-dealkylation sites (N-methyl/N-ethyl adjacent to an activating group) is 1. The van der Waals surface area contributed by atoms with Crippen molar-refractivity contribution in [3.05, 3.63) is 54.6 Å². The summed E-state index contributed by atoms with van der Waals surface area (Å²) in [5.41, 5.74) is 0.591. The van der Waals surface area contributed by atoms with Gasteiger partial charge in [0, 0.05) is 26.7 Å². The first-order chi connectivity index (χ1) is 15.1. The highest BCUT2D eigenvalue weighted by Crippen LogP contribution is 2.32. The zero-order valence-corrected chi connectivity index (χ0v) is 17.3. The number of hydrogen-bond acceptors (Lipinski definition) is 7. The van der Waals surface area contributed by atoms with E-state index in [1.54, 1.807) is 9.58 Å². The molecule has 0 aliphatic carbocycles. The van der Waals surface area contributed by atoms with E-state index in [-0.39, 0.29) is 18.1 Å². The summed E-state index contributed by atoms with van der Waals surface area (Å²) in [7, 11) is 1.84. The number of nitrogens with zero attached hydrogens (tertiary/aromatic N) is 6. The van der Waals surface area contributed by atoms with Crippen LogP contribution in [0.5, 0.6) is 11.5 Å². The van der Waals surface area contributed by atoms with Gasteiger partial charge in [-0.25, -0.2) is 0 Å². The van der Waals surface area contributed by atoms with Gasteiger partial charge in [0.05, 0.1) is 11.3 Å². The van der Waals surface area contributed by atoms with Crippen molar-refractivity contribution in [2.75, 3.05) is 38.2 Å². The molecular weight excluding hydrogens is 396 g/mol. The summed E-state index contributed by atoms with van der Waals surface area (Å²) >= 11 is 0. The Morgan fingerprint density at radius 3 is 2.42 bits per heavy atom. The lowest BCUT2D eigenvalue weighted by Crippen LogP contribution is -2.58. The molecule has 3 heterocycles. The lowest BCUT2D eigenvalue weighted by molar-refractivity contribution is -0.164. The molecule has 1 spiro atoms. The molecule has 0 bridgehead atoms. The van der Waals surface area contributed by atoms with E-state index in [1.807, 2.05) is 61.6 Å². The van der Waals surface area contributed by atoms with E-state index in [2.05, 4.69) is 20.4 Å². The zero-order chi connectivity index (χ0) is 21.3. The molecule has 9 heteroatoms. The van der Waals surface area contributed by atoms with Crippen LogP contribution in [0.4, 0.5) is 5.95 Å². The third-order valence-corrected chi connectivity index (χ3v) is 5.92. The van der Waals surface area contributed by atoms with E-state index in [0.29, 0.717) is 12.5 Å². The van der Waals surface area contributed by atoms with Gasteiger partial charge in [-0.05, 0) is 59.7 Å². The zero-order valence-electron chi connectivity index (χ0n) is 17.3. The number of ether oxygens (including phenoxy) is 2. The van der Waals surface area contributed by atoms with Crippen LogP contribution in [0.15, 0.2) is 54.6 Å². The summed E-state index contributed by atoms with van der Waals surface area (Å²) in [6.45, 7) is 2.31. The van der Waals surface area contributed by atoms with Gasteiger partial charge in [-0.15, -0.1) is 0 Å². The second-order valence-corrected chi connectivity index (χ2v) is 8.01. The van der Waals surface area contributed by atoms with E-state index in [9.17, 15) is 4.79 Å². The van der Waals surface area contributed by atoms with Gasteiger partial charge in [-0.1, -0.05) is 23.3 Å². The van der Waals surface area contributed by atoms with Gasteiger partial charge in [0.1, 0.15) is 18.1 Å². The second-order valence-electron chi connectivity index (χ2n) is 8.01. The van der Waals surface area contributed by atoms with Gasteiger partial charge in [0.2, 0.25) is 11.9 Å². The van der Waals surface area contributed by atoms with Crippen molar-refractivity contribution in [3.8, 4) is 17.2 Å². The molecule has 160 valence electrons. The predicted octanol–water partition coefficient (Wildman–Crippen LogP) is 2.28. The molecule has 5 rings (SSSR count). The highest BCUT2D eigenvalue weighted by atomic mass is 16.5. The minimum atomic E-state index is -0.270. The third-order valence-electron chi connectivity index (χ3n) is 5.92. The number of hydrogen-bond donors (Lipinski definition) is 0. The molecule has 2 aliphatic heterocycles. The molecule has 9 nitrogen and oxygen atoms in total. The number of anilines is 1. The predicted molar refractivity (Wildman–Crippen MR) is 113 cm³/mol. The monoisotopic (exact) mass is 420 g/mol. The summed E-state index contributed by atoms with van der Waals surface area (Å²) in [4.78, 5) is 15.7. The van der Waals surface area contributed by atoms with Crippen LogP contribution in [-0.2, 0) is 9.53 Å². The van der Waals surface area contributed by atoms with Gasteiger partial charge in [0.15, 0.2) is 0 Å². The standard InChI is InChI=1S/C22H24N6O3/c1-26-16-22(30-15-20(26)29)11-13-27(14-12-22)21-23-24-25-28(21)17-7-9-19(10-8-17)31-18-5-3-2-4-6-18/h2-10H,11-16H2,1H3. The van der Waals surface area contributed by atoms with Crippen LogP contribution in [0.2, 0.25) is 0 Å². The molecule has 1 aromatic heterocycles. The molecule has 3 aromatic rings. The highest BCUT2D eigenvalue weighted by molar-refractivity contribution is 5.78. The fourth-order valence-corrected chi connectivity index (χ4v) is 4.13. The van der Waals surface area contributed by atoms with Crippen LogP contribution in [0.25, 0.3) is 5.69 Å². The Kier molecular flexibility index (Phi) is 5.03. The average Bonchev–Trinajstić information content (AvgIpc) is 3.28. The van der Waals surface area contributed by atoms with Crippen molar-refractivity contribution in [2.45, 2.75) is 18.4 Å². The van der Waals surface area contributed by atoms with E-state index >= 15 is 0 Å². The molecule has 1 amide bonds. The van der Waals surface area contributed by atoms with Gasteiger partial charge < -0.3 is 19.3 Å². The van der Waals surface area contributed by atoms with Crippen LogP contribution in [-0.4, -0.2) is 69.9 Å². The second kappa shape index (κ2) is 7.99. The Balaban J connectivity index is 1.28. The maximum absolute atomic E-state index is 11.8.